The van der Waals surface area contributed by atoms with Crippen molar-refractivity contribution in [2.24, 2.45) is 5.73 Å². The van der Waals surface area contributed by atoms with Gasteiger partial charge in [-0.15, -0.1) is 0 Å². The SMILES string of the molecule is CC(=O)O.CCCC.CCOC(=O)C1=C(N)Oc2ccc(-c3cc(OC)cc(OC)c3)cc2C1. The topological polar surface area (TPSA) is 117 Å². The highest BCUT2D eigenvalue weighted by atomic mass is 16.5. The molecule has 0 atom stereocenters. The molecular formula is C26H35NO7. The number of unbranched alkanes of at least 4 members (excludes halogenated alkanes) is 1. The molecule has 0 unspecified atom stereocenters. The maximum atomic E-state index is 12.1. The van der Waals surface area contributed by atoms with Gasteiger partial charge in [0.15, 0.2) is 0 Å². The van der Waals surface area contributed by atoms with Crippen LogP contribution in [0.15, 0.2) is 47.9 Å². The van der Waals surface area contributed by atoms with E-state index >= 15 is 0 Å². The number of carbonyl (C=O) groups is 2. The summed E-state index contributed by atoms with van der Waals surface area (Å²) in [5.41, 5.74) is 8.96. The van der Waals surface area contributed by atoms with Crippen LogP contribution in [-0.2, 0) is 20.7 Å². The molecule has 2 aromatic rings. The normalized spacial score (nSPS) is 11.5. The van der Waals surface area contributed by atoms with E-state index in [1.54, 1.807) is 21.1 Å². The molecule has 0 saturated heterocycles. The molecule has 0 fully saturated rings. The predicted molar refractivity (Wildman–Crippen MR) is 131 cm³/mol. The molecule has 8 nitrogen and oxygen atoms in total. The van der Waals surface area contributed by atoms with Gasteiger partial charge in [0.25, 0.3) is 5.97 Å². The second-order valence-corrected chi connectivity index (χ2v) is 7.28. The van der Waals surface area contributed by atoms with Gasteiger partial charge in [-0.3, -0.25) is 4.79 Å². The van der Waals surface area contributed by atoms with Crippen molar-refractivity contribution in [1.82, 2.24) is 0 Å². The Morgan fingerprint density at radius 3 is 2.00 bits per heavy atom. The van der Waals surface area contributed by atoms with Crippen molar-refractivity contribution in [2.45, 2.75) is 47.0 Å². The van der Waals surface area contributed by atoms with E-state index in [9.17, 15) is 4.79 Å². The summed E-state index contributed by atoms with van der Waals surface area (Å²) in [7, 11) is 3.22. The predicted octanol–water partition coefficient (Wildman–Crippen LogP) is 4.94. The Hall–Kier alpha value is -3.68. The molecule has 1 heterocycles. The van der Waals surface area contributed by atoms with Crippen LogP contribution in [0.1, 0.15) is 46.1 Å². The first-order valence-electron chi connectivity index (χ1n) is 11.1. The second-order valence-electron chi connectivity index (χ2n) is 7.28. The fourth-order valence-electron chi connectivity index (χ4n) is 2.82. The number of esters is 1. The highest BCUT2D eigenvalue weighted by Crippen LogP contribution is 2.35. The van der Waals surface area contributed by atoms with Gasteiger partial charge in [0, 0.05) is 25.0 Å². The van der Waals surface area contributed by atoms with Crippen LogP contribution in [0.4, 0.5) is 0 Å². The summed E-state index contributed by atoms with van der Waals surface area (Å²) in [5.74, 6) is 0.833. The Labute approximate surface area is 201 Å². The zero-order chi connectivity index (χ0) is 25.7. The number of rotatable bonds is 6. The molecule has 1 aliphatic heterocycles. The molecule has 3 N–H and O–H groups in total. The number of carbonyl (C=O) groups excluding carboxylic acids is 1. The van der Waals surface area contributed by atoms with Crippen molar-refractivity contribution in [3.05, 3.63) is 53.4 Å². The molecule has 0 bridgehead atoms. The van der Waals surface area contributed by atoms with Crippen LogP contribution in [0.3, 0.4) is 0 Å². The lowest BCUT2D eigenvalue weighted by Crippen LogP contribution is -2.23. The molecule has 34 heavy (non-hydrogen) atoms. The largest absolute Gasteiger partial charge is 0.497 e. The number of ether oxygens (including phenoxy) is 4. The number of nitrogens with two attached hydrogens (primary N) is 1. The molecule has 3 rings (SSSR count). The van der Waals surface area contributed by atoms with Crippen LogP contribution in [0.25, 0.3) is 11.1 Å². The summed E-state index contributed by atoms with van der Waals surface area (Å²) >= 11 is 0. The van der Waals surface area contributed by atoms with E-state index in [-0.39, 0.29) is 12.5 Å². The Morgan fingerprint density at radius 2 is 1.53 bits per heavy atom. The minimum Gasteiger partial charge on any atom is -0.497 e. The van der Waals surface area contributed by atoms with Crippen LogP contribution >= 0.6 is 0 Å². The van der Waals surface area contributed by atoms with E-state index in [0.29, 0.717) is 29.2 Å². The molecule has 8 heteroatoms. The van der Waals surface area contributed by atoms with Crippen molar-refractivity contribution >= 4 is 11.9 Å². The van der Waals surface area contributed by atoms with Gasteiger partial charge in [-0.2, -0.15) is 0 Å². The molecule has 0 spiro atoms. The molecule has 0 radical (unpaired) electrons. The van der Waals surface area contributed by atoms with Gasteiger partial charge in [-0.25, -0.2) is 4.79 Å². The van der Waals surface area contributed by atoms with Crippen LogP contribution in [0, 0.1) is 0 Å². The van der Waals surface area contributed by atoms with E-state index in [2.05, 4.69) is 13.8 Å². The summed E-state index contributed by atoms with van der Waals surface area (Å²) in [6.45, 7) is 7.48. The van der Waals surface area contributed by atoms with E-state index in [1.807, 2.05) is 36.4 Å². The lowest BCUT2D eigenvalue weighted by molar-refractivity contribution is -0.139. The molecule has 0 amide bonds. The fraction of sp³-hybridized carbons (Fsp3) is 0.385. The van der Waals surface area contributed by atoms with Gasteiger partial charge in [-0.1, -0.05) is 32.8 Å². The van der Waals surface area contributed by atoms with Gasteiger partial charge in [0.1, 0.15) is 22.8 Å². The van der Waals surface area contributed by atoms with Crippen molar-refractivity contribution in [1.29, 1.82) is 0 Å². The number of carboxylic acids is 1. The van der Waals surface area contributed by atoms with Gasteiger partial charge < -0.3 is 29.8 Å². The number of hydrogen-bond donors (Lipinski definition) is 2. The minimum absolute atomic E-state index is 0.0896. The molecule has 0 saturated carbocycles. The minimum atomic E-state index is -0.833. The van der Waals surface area contributed by atoms with Crippen LogP contribution in [0.2, 0.25) is 0 Å². The number of benzene rings is 2. The third-order valence-corrected chi connectivity index (χ3v) is 4.65. The highest BCUT2D eigenvalue weighted by molar-refractivity contribution is 5.90. The molecular weight excluding hydrogens is 438 g/mol. The Balaban J connectivity index is 0.000000629. The third-order valence-electron chi connectivity index (χ3n) is 4.65. The van der Waals surface area contributed by atoms with Crippen molar-refractivity contribution < 1.29 is 33.6 Å². The Bertz CT molecular complexity index is 970. The van der Waals surface area contributed by atoms with Crippen molar-refractivity contribution in [3.63, 3.8) is 0 Å². The molecule has 186 valence electrons. The zero-order valence-corrected chi connectivity index (χ0v) is 20.8. The Morgan fingerprint density at radius 1 is 0.971 bits per heavy atom. The lowest BCUT2D eigenvalue weighted by atomic mass is 9.96. The average molecular weight is 474 g/mol. The van der Waals surface area contributed by atoms with Gasteiger partial charge in [0.2, 0.25) is 5.88 Å². The van der Waals surface area contributed by atoms with E-state index in [1.165, 1.54) is 12.8 Å². The fourth-order valence-corrected chi connectivity index (χ4v) is 2.82. The smallest absolute Gasteiger partial charge is 0.339 e. The first kappa shape index (κ1) is 28.4. The molecule has 0 aliphatic carbocycles. The van der Waals surface area contributed by atoms with Crippen LogP contribution < -0.4 is 19.9 Å². The lowest BCUT2D eigenvalue weighted by Gasteiger charge is -2.21. The number of hydrogen-bond acceptors (Lipinski definition) is 7. The standard InChI is InChI=1S/C20H21NO5.C4H10.C2H4O2/c1-4-25-20(22)17-10-14-7-12(5-6-18(14)26-19(17)21)13-8-15(23-2)11-16(9-13)24-3;1-3-4-2;1-2(3)4/h5-9,11H,4,10,21H2,1-3H3;3-4H2,1-2H3;1H3,(H,3,4). The van der Waals surface area contributed by atoms with Gasteiger partial charge in [-0.05, 0) is 42.3 Å². The average Bonchev–Trinajstić information content (AvgIpc) is 2.82. The third kappa shape index (κ3) is 8.69. The summed E-state index contributed by atoms with van der Waals surface area (Å²) < 4.78 is 21.3. The first-order valence-corrected chi connectivity index (χ1v) is 11.1. The van der Waals surface area contributed by atoms with E-state index < -0.39 is 11.9 Å². The van der Waals surface area contributed by atoms with Crippen molar-refractivity contribution in [2.75, 3.05) is 20.8 Å². The summed E-state index contributed by atoms with van der Waals surface area (Å²) in [6.07, 6.45) is 2.99. The maximum absolute atomic E-state index is 12.1. The Kier molecular flexibility index (Phi) is 12.1. The van der Waals surface area contributed by atoms with Gasteiger partial charge >= 0.3 is 5.97 Å². The molecule has 0 aromatic heterocycles. The van der Waals surface area contributed by atoms with E-state index in [4.69, 9.17) is 34.6 Å². The summed E-state index contributed by atoms with van der Waals surface area (Å²) in [5, 5.41) is 7.42. The number of carboxylic acid groups (broad SMARTS) is 1. The molecule has 2 aromatic carbocycles. The monoisotopic (exact) mass is 473 g/mol. The quantitative estimate of drug-likeness (QED) is 0.567. The van der Waals surface area contributed by atoms with E-state index in [0.717, 1.165) is 23.6 Å². The zero-order valence-electron chi connectivity index (χ0n) is 20.8. The second kappa shape index (κ2) is 14.5. The van der Waals surface area contributed by atoms with Crippen molar-refractivity contribution in [3.8, 4) is 28.4 Å². The summed E-state index contributed by atoms with van der Waals surface area (Å²) in [4.78, 5) is 21.1. The van der Waals surface area contributed by atoms with Gasteiger partial charge in [0.05, 0.1) is 20.8 Å². The first-order chi connectivity index (χ1) is 16.2. The number of fused-ring (bicyclic) bond motifs is 1. The molecule has 1 aliphatic rings. The summed E-state index contributed by atoms with van der Waals surface area (Å²) in [6, 6.07) is 11.4. The number of aliphatic carboxylic acids is 1. The van der Waals surface area contributed by atoms with Crippen LogP contribution in [-0.4, -0.2) is 37.9 Å². The number of methoxy groups -OCH3 is 2. The maximum Gasteiger partial charge on any atom is 0.339 e. The highest BCUT2D eigenvalue weighted by Gasteiger charge is 2.24. The van der Waals surface area contributed by atoms with Crippen LogP contribution in [0.5, 0.6) is 17.2 Å².